The molecule has 0 fully saturated rings. The maximum atomic E-state index is 12.8. The van der Waals surface area contributed by atoms with Gasteiger partial charge in [-0.25, -0.2) is 19.3 Å². The number of pyridine rings is 4. The summed E-state index contributed by atoms with van der Waals surface area (Å²) in [5, 5.41) is 18.7. The molecule has 2 atom stereocenters. The summed E-state index contributed by atoms with van der Waals surface area (Å²) in [4.78, 5) is 43.0. The Morgan fingerprint density at radius 3 is 1.52 bits per heavy atom. The van der Waals surface area contributed by atoms with E-state index >= 15 is 0 Å². The first kappa shape index (κ1) is 38.3. The third-order valence-corrected chi connectivity index (χ3v) is 11.6. The minimum Gasteiger partial charge on any atom is -0.383 e. The Labute approximate surface area is 346 Å². The smallest absolute Gasteiger partial charge is 0.185 e. The topological polar surface area (TPSA) is 199 Å². The molecule has 60 heavy (non-hydrogen) atoms. The molecule has 0 radical (unpaired) electrons. The van der Waals surface area contributed by atoms with Gasteiger partial charge in [-0.2, -0.15) is 0 Å². The summed E-state index contributed by atoms with van der Waals surface area (Å²) in [5.41, 5.74) is 23.3. The van der Waals surface area contributed by atoms with Gasteiger partial charge < -0.3 is 11.5 Å². The first-order chi connectivity index (χ1) is 29.1. The van der Waals surface area contributed by atoms with E-state index in [-0.39, 0.29) is 23.4 Å². The molecule has 300 valence electrons. The number of rotatable bonds is 10. The molecule has 6 aromatic heterocycles. The summed E-state index contributed by atoms with van der Waals surface area (Å²) in [7, 11) is 0. The Balaban J connectivity index is 0.000000154. The Morgan fingerprint density at radius 2 is 1.07 bits per heavy atom. The minimum atomic E-state index is 0.00710. The summed E-state index contributed by atoms with van der Waals surface area (Å²) < 4.78 is 3.42. The zero-order valence-electron chi connectivity index (χ0n) is 33.5. The van der Waals surface area contributed by atoms with Crippen LogP contribution in [-0.2, 0) is 25.9 Å². The fourth-order valence-corrected chi connectivity index (χ4v) is 8.52. The van der Waals surface area contributed by atoms with Gasteiger partial charge in [-0.3, -0.25) is 19.6 Å². The Hall–Kier alpha value is -7.22. The number of Topliss-reactive ketones (excluding diaryl/α,β-unsaturated/α-hetero) is 2. The molecule has 0 saturated heterocycles. The highest BCUT2D eigenvalue weighted by Gasteiger charge is 2.29. The van der Waals surface area contributed by atoms with E-state index in [4.69, 9.17) is 11.5 Å². The number of nitrogens with zero attached hydrogens (tertiary/aromatic N) is 10. The van der Waals surface area contributed by atoms with E-state index in [0.29, 0.717) is 49.0 Å². The first-order valence-corrected chi connectivity index (χ1v) is 20.2. The molecule has 0 amide bonds. The SMILES string of the molecule is Cc1ccc2cc(Cn3cc(C(=O)C[C@@H]4CCc5c4ccnc5N)nn3)ccc2n1.Cc1ccc2cc(Cn3cc(C(=O)C[C@H]4CCc5c4ccnc5N)nn3)ccc2n1. The van der Waals surface area contributed by atoms with E-state index in [2.05, 4.69) is 64.8 Å². The highest BCUT2D eigenvalue weighted by atomic mass is 16.1. The molecule has 0 aliphatic heterocycles. The second-order valence-corrected chi connectivity index (χ2v) is 15.8. The van der Waals surface area contributed by atoms with Gasteiger partial charge in [0.15, 0.2) is 11.6 Å². The van der Waals surface area contributed by atoms with Gasteiger partial charge in [-0.1, -0.05) is 34.7 Å². The van der Waals surface area contributed by atoms with E-state index in [1.165, 1.54) is 0 Å². The molecular formula is C46H44N12O2. The third-order valence-electron chi connectivity index (χ3n) is 11.6. The van der Waals surface area contributed by atoms with Crippen molar-refractivity contribution in [1.82, 2.24) is 49.9 Å². The predicted octanol–water partition coefficient (Wildman–Crippen LogP) is 6.93. The van der Waals surface area contributed by atoms with Gasteiger partial charge >= 0.3 is 0 Å². The van der Waals surface area contributed by atoms with Gasteiger partial charge in [0.25, 0.3) is 0 Å². The van der Waals surface area contributed by atoms with Crippen molar-refractivity contribution in [2.24, 2.45) is 0 Å². The van der Waals surface area contributed by atoms with E-state index in [1.54, 1.807) is 34.2 Å². The average Bonchev–Trinajstić information content (AvgIpc) is 4.07. The zero-order chi connectivity index (χ0) is 41.3. The standard InChI is InChI=1S/2C23H22N6O/c2*1-14-2-4-17-10-15(3-7-20(17)26-14)12-29-13-21(27-28-29)22(30)11-16-5-6-19-18(16)8-9-25-23(19)24/h2*2-4,7-10,13,16H,5-6,11-12H2,1H3,(H2,24,25)/t2*16-/m10/s1. The van der Waals surface area contributed by atoms with Crippen molar-refractivity contribution < 1.29 is 9.59 Å². The molecule has 2 aliphatic rings. The molecule has 0 bridgehead atoms. The molecule has 14 nitrogen and oxygen atoms in total. The summed E-state index contributed by atoms with van der Waals surface area (Å²) in [6, 6.07) is 24.4. The highest BCUT2D eigenvalue weighted by molar-refractivity contribution is 5.95. The number of anilines is 2. The number of nitrogens with two attached hydrogens (primary N) is 2. The number of aryl methyl sites for hydroxylation is 2. The van der Waals surface area contributed by atoms with Gasteiger partial charge in [0.2, 0.25) is 0 Å². The molecular weight excluding hydrogens is 753 g/mol. The molecule has 0 saturated carbocycles. The predicted molar refractivity (Wildman–Crippen MR) is 229 cm³/mol. The van der Waals surface area contributed by atoms with Gasteiger partial charge in [0, 0.05) is 47.4 Å². The molecule has 0 unspecified atom stereocenters. The van der Waals surface area contributed by atoms with Crippen LogP contribution in [0.15, 0.2) is 97.6 Å². The number of fused-ring (bicyclic) bond motifs is 4. The lowest BCUT2D eigenvalue weighted by Crippen LogP contribution is -2.06. The van der Waals surface area contributed by atoms with Crippen LogP contribution in [0.4, 0.5) is 11.6 Å². The summed E-state index contributed by atoms with van der Waals surface area (Å²) in [6.45, 7) is 5.08. The van der Waals surface area contributed by atoms with Crippen molar-refractivity contribution in [2.45, 2.75) is 77.3 Å². The maximum absolute atomic E-state index is 12.8. The van der Waals surface area contributed by atoms with E-state index in [0.717, 1.165) is 92.3 Å². The second-order valence-electron chi connectivity index (χ2n) is 15.8. The summed E-state index contributed by atoms with van der Waals surface area (Å²) in [5.74, 6) is 1.50. The molecule has 2 aliphatic carbocycles. The van der Waals surface area contributed by atoms with Crippen molar-refractivity contribution in [3.8, 4) is 0 Å². The van der Waals surface area contributed by atoms with Crippen molar-refractivity contribution >= 4 is 45.0 Å². The van der Waals surface area contributed by atoms with Crippen LogP contribution >= 0.6 is 0 Å². The van der Waals surface area contributed by atoms with Gasteiger partial charge in [0.05, 0.1) is 36.5 Å². The Kier molecular flexibility index (Phi) is 10.3. The third kappa shape index (κ3) is 8.08. The van der Waals surface area contributed by atoms with Crippen molar-refractivity contribution in [1.29, 1.82) is 0 Å². The second kappa shape index (κ2) is 16.2. The fraction of sp³-hybridized carbons (Fsp3) is 0.261. The zero-order valence-corrected chi connectivity index (χ0v) is 33.5. The van der Waals surface area contributed by atoms with Crippen LogP contribution in [0.5, 0.6) is 0 Å². The molecule has 14 heteroatoms. The van der Waals surface area contributed by atoms with E-state index < -0.39 is 0 Å². The van der Waals surface area contributed by atoms with Crippen molar-refractivity contribution in [2.75, 3.05) is 11.5 Å². The number of carbonyl (C=O) groups excluding carboxylic acids is 2. The van der Waals surface area contributed by atoms with Crippen LogP contribution < -0.4 is 11.5 Å². The lowest BCUT2D eigenvalue weighted by Gasteiger charge is -2.09. The normalized spacial score (nSPS) is 15.4. The van der Waals surface area contributed by atoms with E-state index in [1.807, 2.05) is 62.4 Å². The van der Waals surface area contributed by atoms with Gasteiger partial charge in [-0.15, -0.1) is 10.2 Å². The van der Waals surface area contributed by atoms with Crippen LogP contribution in [-0.4, -0.2) is 61.5 Å². The number of nitrogen functional groups attached to an aromatic ring is 2. The highest BCUT2D eigenvalue weighted by Crippen LogP contribution is 2.39. The molecule has 2 aromatic carbocycles. The van der Waals surface area contributed by atoms with Gasteiger partial charge in [-0.05, 0) is 133 Å². The molecule has 4 N–H and O–H groups in total. The van der Waals surface area contributed by atoms with Crippen LogP contribution in [0, 0.1) is 13.8 Å². The summed E-state index contributed by atoms with van der Waals surface area (Å²) >= 11 is 0. The van der Waals surface area contributed by atoms with Crippen LogP contribution in [0.1, 0.15) is 103 Å². The molecule has 8 aromatic rings. The van der Waals surface area contributed by atoms with Crippen LogP contribution in [0.25, 0.3) is 21.8 Å². The maximum Gasteiger partial charge on any atom is 0.185 e. The Bertz CT molecular complexity index is 2720. The number of hydrogen-bond donors (Lipinski definition) is 2. The van der Waals surface area contributed by atoms with Crippen LogP contribution in [0.2, 0.25) is 0 Å². The number of ketones is 2. The molecule has 6 heterocycles. The first-order valence-electron chi connectivity index (χ1n) is 20.2. The summed E-state index contributed by atoms with van der Waals surface area (Å²) in [6.07, 6.45) is 11.3. The lowest BCUT2D eigenvalue weighted by molar-refractivity contribution is 0.0960. The van der Waals surface area contributed by atoms with Crippen LogP contribution in [0.3, 0.4) is 0 Å². The number of benzene rings is 2. The lowest BCUT2D eigenvalue weighted by atomic mass is 9.95. The molecule has 10 rings (SSSR count). The Morgan fingerprint density at radius 1 is 0.617 bits per heavy atom. The largest absolute Gasteiger partial charge is 0.383 e. The van der Waals surface area contributed by atoms with E-state index in [9.17, 15) is 9.59 Å². The van der Waals surface area contributed by atoms with Crippen molar-refractivity contribution in [3.63, 3.8) is 0 Å². The monoisotopic (exact) mass is 796 g/mol. The van der Waals surface area contributed by atoms with Gasteiger partial charge in [0.1, 0.15) is 23.0 Å². The number of aromatic nitrogens is 10. The number of hydrogen-bond acceptors (Lipinski definition) is 12. The van der Waals surface area contributed by atoms with Crippen molar-refractivity contribution in [3.05, 3.63) is 154 Å². The molecule has 0 spiro atoms. The fourth-order valence-electron chi connectivity index (χ4n) is 8.52. The minimum absolute atomic E-state index is 0.00710. The number of carbonyl (C=O) groups is 2. The average molecular weight is 797 g/mol. The quantitative estimate of drug-likeness (QED) is 0.136.